The van der Waals surface area contributed by atoms with E-state index in [0.29, 0.717) is 4.47 Å². The van der Waals surface area contributed by atoms with E-state index in [-0.39, 0.29) is 24.3 Å². The lowest BCUT2D eigenvalue weighted by atomic mass is 10.1. The number of carbonyl (C=O) groups excluding carboxylic acids is 2. The molecule has 29 heavy (non-hydrogen) atoms. The van der Waals surface area contributed by atoms with Crippen LogP contribution in [0.4, 0.5) is 13.2 Å². The number of fused-ring (bicyclic) bond motifs is 1. The SMILES string of the molecule is CCOC(=O)c1c2ccc(Br)ccc-2c(C(=O)OCC)c1OS(=O)(=O)C(F)(F)F. The summed E-state index contributed by atoms with van der Waals surface area (Å²) in [5.74, 6) is -3.43. The first-order valence-electron chi connectivity index (χ1n) is 8.04. The minimum atomic E-state index is -6.19. The minimum absolute atomic E-state index is 0.0513. The summed E-state index contributed by atoms with van der Waals surface area (Å²) in [6.07, 6.45) is 0. The molecule has 0 saturated carbocycles. The van der Waals surface area contributed by atoms with Crippen LogP contribution in [0.2, 0.25) is 0 Å². The Balaban J connectivity index is 2.92. The van der Waals surface area contributed by atoms with Gasteiger partial charge in [-0.3, -0.25) is 0 Å². The number of carbonyl (C=O) groups is 2. The second kappa shape index (κ2) is 8.57. The summed E-state index contributed by atoms with van der Waals surface area (Å²) >= 11 is 3.19. The summed E-state index contributed by atoms with van der Waals surface area (Å²) in [4.78, 5) is 24.9. The molecule has 0 spiro atoms. The molecule has 0 heterocycles. The van der Waals surface area contributed by atoms with Gasteiger partial charge >= 0.3 is 27.6 Å². The van der Waals surface area contributed by atoms with Crippen LogP contribution in [-0.2, 0) is 19.6 Å². The zero-order valence-electron chi connectivity index (χ0n) is 15.0. The van der Waals surface area contributed by atoms with Gasteiger partial charge in [-0.25, -0.2) is 9.59 Å². The van der Waals surface area contributed by atoms with Gasteiger partial charge in [0.2, 0.25) is 0 Å². The summed E-state index contributed by atoms with van der Waals surface area (Å²) in [6.45, 7) is 2.57. The molecule has 2 aliphatic carbocycles. The van der Waals surface area contributed by atoms with E-state index in [2.05, 4.69) is 20.1 Å². The first-order valence-corrected chi connectivity index (χ1v) is 10.2. The third-order valence-corrected chi connectivity index (χ3v) is 5.02. The van der Waals surface area contributed by atoms with Crippen molar-refractivity contribution in [2.45, 2.75) is 19.4 Å². The van der Waals surface area contributed by atoms with E-state index in [1.165, 1.54) is 38.1 Å². The van der Waals surface area contributed by atoms with E-state index in [1.807, 2.05) is 0 Å². The quantitative estimate of drug-likeness (QED) is 0.335. The third-order valence-electron chi connectivity index (χ3n) is 3.54. The fourth-order valence-corrected chi connectivity index (χ4v) is 3.16. The maximum absolute atomic E-state index is 12.9. The summed E-state index contributed by atoms with van der Waals surface area (Å²) in [5, 5.41) is 0. The summed E-state index contributed by atoms with van der Waals surface area (Å²) in [6, 6.07) is 5.51. The van der Waals surface area contributed by atoms with Gasteiger partial charge < -0.3 is 13.7 Å². The zero-order valence-corrected chi connectivity index (χ0v) is 17.4. The number of alkyl halides is 3. The van der Waals surface area contributed by atoms with E-state index in [1.54, 1.807) is 0 Å². The number of ether oxygens (including phenoxy) is 2. The predicted octanol–water partition coefficient (Wildman–Crippen LogP) is 4.14. The molecule has 2 rings (SSSR count). The highest BCUT2D eigenvalue weighted by Crippen LogP contribution is 2.45. The van der Waals surface area contributed by atoms with Gasteiger partial charge in [0, 0.05) is 15.6 Å². The highest BCUT2D eigenvalue weighted by molar-refractivity contribution is 9.10. The smallest absolute Gasteiger partial charge is 0.462 e. The Hall–Kier alpha value is -2.34. The Morgan fingerprint density at radius 3 is 1.69 bits per heavy atom. The van der Waals surface area contributed by atoms with Crippen molar-refractivity contribution in [1.29, 1.82) is 0 Å². The van der Waals surface area contributed by atoms with Gasteiger partial charge in [-0.1, -0.05) is 28.1 Å². The second-order valence-electron chi connectivity index (χ2n) is 5.38. The second-order valence-corrected chi connectivity index (χ2v) is 7.84. The number of halogens is 4. The van der Waals surface area contributed by atoms with Crippen molar-refractivity contribution in [3.05, 3.63) is 39.9 Å². The Labute approximate surface area is 172 Å². The lowest BCUT2D eigenvalue weighted by Gasteiger charge is -2.12. The average molecular weight is 499 g/mol. The third kappa shape index (κ3) is 4.64. The van der Waals surface area contributed by atoms with E-state index in [0.717, 1.165) is 0 Å². The Bertz CT molecular complexity index is 963. The number of esters is 2. The molecule has 0 aromatic carbocycles. The molecular formula is C17H14BrF3O7S. The minimum Gasteiger partial charge on any atom is -0.462 e. The molecule has 0 aliphatic heterocycles. The molecule has 0 atom stereocenters. The Morgan fingerprint density at radius 1 is 0.931 bits per heavy atom. The van der Waals surface area contributed by atoms with E-state index in [4.69, 9.17) is 9.47 Å². The summed E-state index contributed by atoms with van der Waals surface area (Å²) in [5.41, 5.74) is -7.17. The molecule has 7 nitrogen and oxygen atoms in total. The molecule has 0 unspecified atom stereocenters. The van der Waals surface area contributed by atoms with Crippen LogP contribution in [0, 0.1) is 0 Å². The predicted molar refractivity (Wildman–Crippen MR) is 98.3 cm³/mol. The van der Waals surface area contributed by atoms with Gasteiger partial charge in [0.1, 0.15) is 11.1 Å². The van der Waals surface area contributed by atoms with Crippen LogP contribution in [-0.4, -0.2) is 39.1 Å². The van der Waals surface area contributed by atoms with Crippen molar-refractivity contribution >= 4 is 38.0 Å². The first-order chi connectivity index (χ1) is 13.4. The lowest BCUT2D eigenvalue weighted by molar-refractivity contribution is -0.0501. The Morgan fingerprint density at radius 2 is 1.34 bits per heavy atom. The lowest BCUT2D eigenvalue weighted by Crippen LogP contribution is -2.29. The van der Waals surface area contributed by atoms with Crippen molar-refractivity contribution in [2.24, 2.45) is 0 Å². The summed E-state index contributed by atoms with van der Waals surface area (Å²) in [7, 11) is -6.19. The van der Waals surface area contributed by atoms with Gasteiger partial charge in [0.05, 0.1) is 13.2 Å². The molecule has 0 fully saturated rings. The molecule has 0 aromatic heterocycles. The van der Waals surface area contributed by atoms with E-state index in [9.17, 15) is 31.2 Å². The van der Waals surface area contributed by atoms with Crippen LogP contribution >= 0.6 is 15.9 Å². The number of hydrogen-bond acceptors (Lipinski definition) is 7. The molecule has 2 aliphatic rings. The van der Waals surface area contributed by atoms with Crippen LogP contribution in [0.15, 0.2) is 28.7 Å². The van der Waals surface area contributed by atoms with Crippen molar-refractivity contribution in [2.75, 3.05) is 13.2 Å². The van der Waals surface area contributed by atoms with Gasteiger partial charge in [-0.05, 0) is 26.0 Å². The van der Waals surface area contributed by atoms with Crippen molar-refractivity contribution in [1.82, 2.24) is 0 Å². The first kappa shape index (κ1) is 22.9. The van der Waals surface area contributed by atoms with Crippen molar-refractivity contribution < 1.29 is 44.8 Å². The zero-order chi connectivity index (χ0) is 22.0. The molecule has 12 heteroatoms. The monoisotopic (exact) mass is 498 g/mol. The molecule has 0 bridgehead atoms. The number of rotatable bonds is 6. The molecule has 0 saturated heterocycles. The highest BCUT2D eigenvalue weighted by Gasteiger charge is 2.50. The average Bonchev–Trinajstić information content (AvgIpc) is 2.77. The topological polar surface area (TPSA) is 96.0 Å². The van der Waals surface area contributed by atoms with Crippen LogP contribution < -0.4 is 4.18 Å². The standard InChI is InChI=1S/C17H14BrF3O7S/c1-3-26-15(22)12-10-7-5-9(18)6-8-11(10)13(16(23)27-4-2)14(12)28-29(24,25)17(19,20)21/h5-8H,3-4H2,1-2H3. The van der Waals surface area contributed by atoms with E-state index >= 15 is 0 Å². The van der Waals surface area contributed by atoms with Crippen molar-refractivity contribution in [3.8, 4) is 16.9 Å². The summed E-state index contributed by atoms with van der Waals surface area (Å²) < 4.78 is 76.4. The fourth-order valence-electron chi connectivity index (χ4n) is 2.42. The number of hydrogen-bond donors (Lipinski definition) is 0. The highest BCUT2D eigenvalue weighted by atomic mass is 79.9. The largest absolute Gasteiger partial charge is 0.534 e. The maximum atomic E-state index is 12.9. The van der Waals surface area contributed by atoms with Gasteiger partial charge in [-0.2, -0.15) is 21.6 Å². The van der Waals surface area contributed by atoms with E-state index < -0.39 is 44.4 Å². The van der Waals surface area contributed by atoms with Crippen LogP contribution in [0.5, 0.6) is 5.75 Å². The van der Waals surface area contributed by atoms with Crippen LogP contribution in [0.3, 0.4) is 0 Å². The van der Waals surface area contributed by atoms with Crippen LogP contribution in [0.25, 0.3) is 11.1 Å². The van der Waals surface area contributed by atoms with Gasteiger partial charge in [-0.15, -0.1) is 0 Å². The molecule has 0 N–H and O–H groups in total. The normalized spacial score (nSPS) is 11.9. The molecule has 0 amide bonds. The molecule has 0 radical (unpaired) electrons. The molecule has 0 aromatic rings. The fraction of sp³-hybridized carbons (Fsp3) is 0.294. The van der Waals surface area contributed by atoms with Crippen LogP contribution in [0.1, 0.15) is 34.6 Å². The maximum Gasteiger partial charge on any atom is 0.534 e. The molecule has 158 valence electrons. The van der Waals surface area contributed by atoms with Gasteiger partial charge in [0.15, 0.2) is 5.75 Å². The van der Waals surface area contributed by atoms with Gasteiger partial charge in [0.25, 0.3) is 0 Å². The Kier molecular flexibility index (Phi) is 6.78. The van der Waals surface area contributed by atoms with Crippen molar-refractivity contribution in [3.63, 3.8) is 0 Å². The molecular weight excluding hydrogens is 485 g/mol.